The van der Waals surface area contributed by atoms with Gasteiger partial charge in [0.2, 0.25) is 18.1 Å². The van der Waals surface area contributed by atoms with Crippen molar-refractivity contribution in [2.75, 3.05) is 6.61 Å². The fraction of sp³-hybridized carbons (Fsp3) is 0.524. The van der Waals surface area contributed by atoms with Crippen LogP contribution in [0.25, 0.3) is 0 Å². The van der Waals surface area contributed by atoms with E-state index in [0.717, 1.165) is 0 Å². The summed E-state index contributed by atoms with van der Waals surface area (Å²) >= 11 is 1.38. The first-order chi connectivity index (χ1) is 15.1. The van der Waals surface area contributed by atoms with Gasteiger partial charge in [-0.2, -0.15) is 0 Å². The van der Waals surface area contributed by atoms with Crippen molar-refractivity contribution >= 4 is 52.7 Å². The molecule has 1 aromatic carbocycles. The van der Waals surface area contributed by atoms with Gasteiger partial charge in [-0.05, 0) is 26.3 Å². The van der Waals surface area contributed by atoms with Gasteiger partial charge in [-0.3, -0.25) is 9.59 Å². The Morgan fingerprint density at radius 2 is 1.85 bits per heavy atom. The number of hydrogen-bond acceptors (Lipinski definition) is 9. The van der Waals surface area contributed by atoms with Gasteiger partial charge in [-0.1, -0.05) is 30.3 Å². The number of β-lactam (4-membered cyclic amide) rings is 1. The standard InChI is InChI=1S/C21H27N3O7S.BrH/c1-5-29-20(28)31-11(2)30-19(27)15-21(3,4)32-18-14(17(26)24(15)18)23-16(25)13(22)12-9-7-6-8-10-12;/h6-11,13-15,18H,5,22H2,1-4H3,(H,23,25);1H/t11?,13-,14-,15+,18-;/m1./s1. The number of ether oxygens (including phenoxy) is 3. The van der Waals surface area contributed by atoms with E-state index in [4.69, 9.17) is 15.2 Å². The minimum absolute atomic E-state index is 0. The van der Waals surface area contributed by atoms with Crippen molar-refractivity contribution in [1.29, 1.82) is 0 Å². The van der Waals surface area contributed by atoms with E-state index in [1.807, 2.05) is 6.07 Å². The lowest BCUT2D eigenvalue weighted by molar-refractivity contribution is -0.180. The van der Waals surface area contributed by atoms with Gasteiger partial charge >= 0.3 is 12.1 Å². The Kier molecular flexibility index (Phi) is 8.77. The van der Waals surface area contributed by atoms with E-state index in [-0.39, 0.29) is 23.6 Å². The van der Waals surface area contributed by atoms with Crippen LogP contribution in [0.1, 0.15) is 39.3 Å². The molecule has 0 aromatic heterocycles. The second-order valence-corrected chi connectivity index (χ2v) is 9.71. The van der Waals surface area contributed by atoms with Crippen LogP contribution in [0.4, 0.5) is 4.79 Å². The molecule has 1 unspecified atom stereocenters. The minimum Gasteiger partial charge on any atom is -0.435 e. The van der Waals surface area contributed by atoms with Crippen molar-refractivity contribution in [3.8, 4) is 0 Å². The number of carbonyl (C=O) groups is 4. The topological polar surface area (TPSA) is 137 Å². The van der Waals surface area contributed by atoms with Gasteiger partial charge in [-0.25, -0.2) is 9.59 Å². The predicted octanol–water partition coefficient (Wildman–Crippen LogP) is 1.87. The summed E-state index contributed by atoms with van der Waals surface area (Å²) in [5.41, 5.74) is 6.65. The van der Waals surface area contributed by atoms with Crippen LogP contribution in [0, 0.1) is 0 Å². The van der Waals surface area contributed by atoms with Crippen LogP contribution >= 0.6 is 28.7 Å². The van der Waals surface area contributed by atoms with Gasteiger partial charge in [0.1, 0.15) is 23.5 Å². The lowest BCUT2D eigenvalue weighted by atomic mass is 9.95. The Hall–Kier alpha value is -2.31. The molecule has 12 heteroatoms. The highest BCUT2D eigenvalue weighted by Crippen LogP contribution is 2.51. The number of esters is 1. The number of benzene rings is 1. The number of nitrogens with zero attached hydrogens (tertiary/aromatic N) is 1. The number of hydrogen-bond donors (Lipinski definition) is 2. The molecular weight excluding hydrogens is 518 g/mol. The first-order valence-electron chi connectivity index (χ1n) is 10.2. The smallest absolute Gasteiger partial charge is 0.435 e. The van der Waals surface area contributed by atoms with Crippen molar-refractivity contribution in [3.63, 3.8) is 0 Å². The lowest BCUT2D eigenvalue weighted by Crippen LogP contribution is -2.71. The molecule has 33 heavy (non-hydrogen) atoms. The molecule has 182 valence electrons. The van der Waals surface area contributed by atoms with Crippen molar-refractivity contribution in [2.45, 2.75) is 62.2 Å². The maximum absolute atomic E-state index is 12.8. The Balaban J connectivity index is 0.00000385. The van der Waals surface area contributed by atoms with Crippen LogP contribution in [-0.4, -0.2) is 63.9 Å². The molecule has 2 heterocycles. The average molecular weight is 546 g/mol. The Labute approximate surface area is 206 Å². The summed E-state index contributed by atoms with van der Waals surface area (Å²) in [5, 5.41) is 2.26. The largest absolute Gasteiger partial charge is 0.511 e. The summed E-state index contributed by atoms with van der Waals surface area (Å²) in [6, 6.07) is 6.21. The Bertz CT molecular complexity index is 901. The molecule has 0 saturated carbocycles. The van der Waals surface area contributed by atoms with Crippen molar-refractivity contribution in [2.24, 2.45) is 5.73 Å². The Morgan fingerprint density at radius 1 is 1.21 bits per heavy atom. The molecule has 2 fully saturated rings. The minimum atomic E-state index is -1.18. The van der Waals surface area contributed by atoms with E-state index in [0.29, 0.717) is 5.56 Å². The first-order valence-corrected chi connectivity index (χ1v) is 11.1. The number of thioether (sulfide) groups is 1. The van der Waals surface area contributed by atoms with Gasteiger partial charge in [0.15, 0.2) is 0 Å². The van der Waals surface area contributed by atoms with E-state index >= 15 is 0 Å². The van der Waals surface area contributed by atoms with Crippen LogP contribution in [0.5, 0.6) is 0 Å². The number of rotatable bonds is 7. The summed E-state index contributed by atoms with van der Waals surface area (Å²) < 4.78 is 14.0. The van der Waals surface area contributed by atoms with E-state index in [9.17, 15) is 19.2 Å². The highest BCUT2D eigenvalue weighted by Gasteiger charge is 2.64. The van der Waals surface area contributed by atoms with Gasteiger partial charge < -0.3 is 30.2 Å². The van der Waals surface area contributed by atoms with E-state index < -0.39 is 58.5 Å². The maximum atomic E-state index is 12.8. The number of halogens is 1. The second kappa shape index (κ2) is 10.7. The molecule has 3 N–H and O–H groups in total. The number of fused-ring (bicyclic) bond motifs is 1. The fourth-order valence-electron chi connectivity index (χ4n) is 3.72. The van der Waals surface area contributed by atoms with Crippen molar-refractivity contribution < 1.29 is 33.4 Å². The summed E-state index contributed by atoms with van der Waals surface area (Å²) in [5.74, 6) is -1.58. The number of carbonyl (C=O) groups excluding carboxylic acids is 4. The SMILES string of the molecule is Br.CCOC(=O)OC(C)OC(=O)[C@@H]1N2C(=O)[C@@H](NC(=O)[C@H](N)c3ccccc3)[C@H]2SC1(C)C. The van der Waals surface area contributed by atoms with E-state index in [1.54, 1.807) is 45.0 Å². The van der Waals surface area contributed by atoms with Gasteiger partial charge in [0, 0.05) is 11.7 Å². The molecule has 5 atom stereocenters. The normalized spacial score (nSPS) is 24.3. The third kappa shape index (κ3) is 5.61. The number of nitrogens with two attached hydrogens (primary N) is 1. The molecule has 0 radical (unpaired) electrons. The third-order valence-electron chi connectivity index (χ3n) is 5.21. The molecule has 2 amide bonds. The zero-order chi connectivity index (χ0) is 23.6. The highest BCUT2D eigenvalue weighted by atomic mass is 79.9. The molecule has 2 aliphatic heterocycles. The summed E-state index contributed by atoms with van der Waals surface area (Å²) in [6.45, 7) is 6.74. The molecule has 0 aliphatic carbocycles. The molecule has 1 aromatic rings. The van der Waals surface area contributed by atoms with E-state index in [2.05, 4.69) is 10.1 Å². The Morgan fingerprint density at radius 3 is 2.45 bits per heavy atom. The molecule has 10 nitrogen and oxygen atoms in total. The van der Waals surface area contributed by atoms with Gasteiger partial charge in [0.05, 0.1) is 6.61 Å². The monoisotopic (exact) mass is 545 g/mol. The second-order valence-electron chi connectivity index (χ2n) is 7.94. The van der Waals surface area contributed by atoms with E-state index in [1.165, 1.54) is 23.6 Å². The number of nitrogens with one attached hydrogen (secondary N) is 1. The predicted molar refractivity (Wildman–Crippen MR) is 125 cm³/mol. The van der Waals surface area contributed by atoms with Crippen LogP contribution in [0.3, 0.4) is 0 Å². The quantitative estimate of drug-likeness (QED) is 0.298. The highest BCUT2D eigenvalue weighted by molar-refractivity contribution is 8.93. The van der Waals surface area contributed by atoms with Gasteiger partial charge in [0.25, 0.3) is 0 Å². The molecule has 0 bridgehead atoms. The maximum Gasteiger partial charge on any atom is 0.511 e. The van der Waals surface area contributed by atoms with Gasteiger partial charge in [-0.15, -0.1) is 28.7 Å². The molecule has 3 rings (SSSR count). The van der Waals surface area contributed by atoms with Crippen LogP contribution in [-0.2, 0) is 28.6 Å². The molecule has 2 saturated heterocycles. The van der Waals surface area contributed by atoms with Crippen LogP contribution < -0.4 is 11.1 Å². The zero-order valence-electron chi connectivity index (χ0n) is 18.7. The molecular formula is C21H28BrN3O7S. The third-order valence-corrected chi connectivity index (χ3v) is 6.78. The first kappa shape index (κ1) is 26.9. The van der Waals surface area contributed by atoms with Crippen molar-refractivity contribution in [3.05, 3.63) is 35.9 Å². The summed E-state index contributed by atoms with van der Waals surface area (Å²) in [6.07, 6.45) is -2.14. The fourth-order valence-corrected chi connectivity index (χ4v) is 5.34. The van der Waals surface area contributed by atoms with Crippen LogP contribution in [0.15, 0.2) is 30.3 Å². The average Bonchev–Trinajstić information content (AvgIpc) is 2.99. The van der Waals surface area contributed by atoms with Crippen LogP contribution in [0.2, 0.25) is 0 Å². The summed E-state index contributed by atoms with van der Waals surface area (Å²) in [7, 11) is 0. The van der Waals surface area contributed by atoms with Crippen molar-refractivity contribution in [1.82, 2.24) is 10.2 Å². The summed E-state index contributed by atoms with van der Waals surface area (Å²) in [4.78, 5) is 51.0. The molecule has 2 aliphatic rings. The number of amides is 2. The molecule has 0 spiro atoms. The zero-order valence-corrected chi connectivity index (χ0v) is 21.2. The lowest BCUT2D eigenvalue weighted by Gasteiger charge is -2.44.